The lowest BCUT2D eigenvalue weighted by Crippen LogP contribution is -2.32. The predicted octanol–water partition coefficient (Wildman–Crippen LogP) is 3.98. The van der Waals surface area contributed by atoms with Crippen LogP contribution in [0.25, 0.3) is 0 Å². The molecule has 0 saturated carbocycles. The highest BCUT2D eigenvalue weighted by Crippen LogP contribution is 2.27. The van der Waals surface area contributed by atoms with E-state index in [4.69, 9.17) is 9.47 Å². The third kappa shape index (κ3) is 6.61. The average molecular weight is 399 g/mol. The lowest BCUT2D eigenvalue weighted by atomic mass is 10.0. The molecule has 2 aromatic carbocycles. The minimum Gasteiger partial charge on any atom is -0.481 e. The van der Waals surface area contributed by atoms with Crippen molar-refractivity contribution in [3.8, 4) is 5.75 Å². The second-order valence-electron chi connectivity index (χ2n) is 7.09. The van der Waals surface area contributed by atoms with Crippen LogP contribution >= 0.6 is 0 Å². The molecule has 0 saturated heterocycles. The van der Waals surface area contributed by atoms with Crippen molar-refractivity contribution in [2.24, 2.45) is 0 Å². The van der Waals surface area contributed by atoms with Gasteiger partial charge in [0.25, 0.3) is 11.8 Å². The molecule has 6 heteroatoms. The summed E-state index contributed by atoms with van der Waals surface area (Å²) in [4.78, 5) is 25.1. The van der Waals surface area contributed by atoms with E-state index >= 15 is 0 Å². The van der Waals surface area contributed by atoms with Crippen molar-refractivity contribution < 1.29 is 19.1 Å². The number of nitrogens with one attached hydrogen (secondary N) is 2. The van der Waals surface area contributed by atoms with E-state index in [-0.39, 0.29) is 17.7 Å². The van der Waals surface area contributed by atoms with E-state index in [1.54, 1.807) is 38.3 Å². The number of benzene rings is 2. The molecule has 156 valence electrons. The van der Waals surface area contributed by atoms with Crippen LogP contribution in [0.15, 0.2) is 48.5 Å². The van der Waals surface area contributed by atoms with E-state index < -0.39 is 6.10 Å². The average Bonchev–Trinajstić information content (AvgIpc) is 2.71. The van der Waals surface area contributed by atoms with Gasteiger partial charge in [0.1, 0.15) is 5.75 Å². The van der Waals surface area contributed by atoms with E-state index in [1.165, 1.54) is 0 Å². The summed E-state index contributed by atoms with van der Waals surface area (Å²) in [6, 6.07) is 14.6. The van der Waals surface area contributed by atoms with Crippen LogP contribution in [0.1, 0.15) is 49.0 Å². The van der Waals surface area contributed by atoms with Gasteiger partial charge in [-0.3, -0.25) is 9.59 Å². The van der Waals surface area contributed by atoms with Crippen LogP contribution in [0.5, 0.6) is 5.75 Å². The summed E-state index contributed by atoms with van der Waals surface area (Å²) in [5, 5.41) is 5.65. The Morgan fingerprint density at radius 3 is 2.41 bits per heavy atom. The fourth-order valence-electron chi connectivity index (χ4n) is 2.85. The zero-order valence-electron chi connectivity index (χ0n) is 17.5. The molecule has 0 bridgehead atoms. The number of rotatable bonds is 10. The van der Waals surface area contributed by atoms with Crippen LogP contribution < -0.4 is 15.4 Å². The molecule has 2 N–H and O–H groups in total. The van der Waals surface area contributed by atoms with Crippen molar-refractivity contribution in [1.29, 1.82) is 0 Å². The number of ether oxygens (including phenoxy) is 2. The largest absolute Gasteiger partial charge is 0.481 e. The topological polar surface area (TPSA) is 76.7 Å². The van der Waals surface area contributed by atoms with Crippen LogP contribution in [-0.2, 0) is 9.53 Å². The highest BCUT2D eigenvalue weighted by Gasteiger charge is 2.19. The van der Waals surface area contributed by atoms with Crippen molar-refractivity contribution in [2.45, 2.75) is 39.2 Å². The number of hydrogen-bond donors (Lipinski definition) is 2. The van der Waals surface area contributed by atoms with Crippen molar-refractivity contribution in [3.05, 3.63) is 59.7 Å². The maximum Gasteiger partial charge on any atom is 0.265 e. The molecule has 1 atom stereocenters. The molecule has 2 aromatic rings. The number of carbonyl (C=O) groups is 2. The molecule has 0 fully saturated rings. The van der Waals surface area contributed by atoms with Crippen molar-refractivity contribution in [2.75, 3.05) is 25.6 Å². The van der Waals surface area contributed by atoms with Gasteiger partial charge >= 0.3 is 0 Å². The van der Waals surface area contributed by atoms with Gasteiger partial charge in [-0.1, -0.05) is 44.2 Å². The molecule has 29 heavy (non-hydrogen) atoms. The van der Waals surface area contributed by atoms with Crippen molar-refractivity contribution in [3.63, 3.8) is 0 Å². The normalized spacial score (nSPS) is 11.8. The Balaban J connectivity index is 2.04. The first-order valence-corrected chi connectivity index (χ1v) is 9.86. The summed E-state index contributed by atoms with van der Waals surface area (Å²) in [5.74, 6) is 0.414. The highest BCUT2D eigenvalue weighted by molar-refractivity contribution is 6.04. The molecule has 0 radical (unpaired) electrons. The lowest BCUT2D eigenvalue weighted by molar-refractivity contribution is -0.122. The van der Waals surface area contributed by atoms with Gasteiger partial charge in [-0.2, -0.15) is 0 Å². The number of hydrogen-bond acceptors (Lipinski definition) is 4. The van der Waals surface area contributed by atoms with Crippen LogP contribution in [-0.4, -0.2) is 38.2 Å². The predicted molar refractivity (Wildman–Crippen MR) is 115 cm³/mol. The quantitative estimate of drug-likeness (QED) is 0.594. The molecule has 0 spiro atoms. The number of carbonyl (C=O) groups excluding carboxylic acids is 2. The third-order valence-corrected chi connectivity index (χ3v) is 4.45. The van der Waals surface area contributed by atoms with E-state index in [0.29, 0.717) is 30.2 Å². The van der Waals surface area contributed by atoms with E-state index in [9.17, 15) is 9.59 Å². The van der Waals surface area contributed by atoms with Gasteiger partial charge in [-0.25, -0.2) is 0 Å². The molecule has 0 aliphatic rings. The van der Waals surface area contributed by atoms with Crippen LogP contribution in [0.4, 0.5) is 5.69 Å². The van der Waals surface area contributed by atoms with E-state index in [0.717, 1.165) is 12.0 Å². The first kappa shape index (κ1) is 22.4. The molecule has 2 rings (SSSR count). The van der Waals surface area contributed by atoms with Crippen LogP contribution in [0, 0.1) is 0 Å². The van der Waals surface area contributed by atoms with Crippen molar-refractivity contribution in [1.82, 2.24) is 5.32 Å². The zero-order valence-corrected chi connectivity index (χ0v) is 17.5. The summed E-state index contributed by atoms with van der Waals surface area (Å²) in [5.41, 5.74) is 1.91. The molecule has 0 aliphatic carbocycles. The van der Waals surface area contributed by atoms with Crippen LogP contribution in [0.2, 0.25) is 0 Å². The molecule has 0 aromatic heterocycles. The third-order valence-electron chi connectivity index (χ3n) is 4.45. The van der Waals surface area contributed by atoms with E-state index in [1.807, 2.05) is 24.3 Å². The Hall–Kier alpha value is -2.86. The van der Waals surface area contributed by atoms with E-state index in [2.05, 4.69) is 24.5 Å². The Morgan fingerprint density at radius 2 is 1.69 bits per heavy atom. The Morgan fingerprint density at radius 1 is 1.00 bits per heavy atom. The molecule has 0 aliphatic heterocycles. The van der Waals surface area contributed by atoms with Gasteiger partial charge in [0.2, 0.25) is 0 Å². The first-order valence-electron chi connectivity index (χ1n) is 9.86. The molecular formula is C23H30N2O4. The summed E-state index contributed by atoms with van der Waals surface area (Å²) in [6.07, 6.45) is 0.00407. The smallest absolute Gasteiger partial charge is 0.265 e. The second-order valence-corrected chi connectivity index (χ2v) is 7.09. The summed E-state index contributed by atoms with van der Waals surface area (Å²) >= 11 is 0. The summed E-state index contributed by atoms with van der Waals surface area (Å²) in [7, 11) is 1.62. The number of para-hydroxylation sites is 2. The molecule has 6 nitrogen and oxygen atoms in total. The molecular weight excluding hydrogens is 368 g/mol. The van der Waals surface area contributed by atoms with Gasteiger partial charge < -0.3 is 20.1 Å². The zero-order chi connectivity index (χ0) is 21.2. The molecule has 2 amide bonds. The molecule has 0 unspecified atom stereocenters. The Labute approximate surface area is 172 Å². The van der Waals surface area contributed by atoms with Gasteiger partial charge in [0, 0.05) is 20.3 Å². The number of anilines is 1. The van der Waals surface area contributed by atoms with Gasteiger partial charge in [0.05, 0.1) is 11.3 Å². The van der Waals surface area contributed by atoms with Gasteiger partial charge in [-0.15, -0.1) is 0 Å². The monoisotopic (exact) mass is 398 g/mol. The fraction of sp³-hybridized carbons (Fsp3) is 0.391. The second kappa shape index (κ2) is 11.2. The summed E-state index contributed by atoms with van der Waals surface area (Å²) in [6.45, 7) is 6.93. The maximum absolute atomic E-state index is 12.7. The number of methoxy groups -OCH3 is 1. The SMILES string of the molecule is COCCCNC(=O)c1ccccc1NC(=O)[C@H](C)Oc1ccccc1C(C)C. The first-order chi connectivity index (χ1) is 13.9. The minimum absolute atomic E-state index is 0.240. The fourth-order valence-corrected chi connectivity index (χ4v) is 2.85. The number of amides is 2. The van der Waals surface area contributed by atoms with Crippen molar-refractivity contribution >= 4 is 17.5 Å². The standard InChI is InChI=1S/C23H30N2O4/c1-16(2)18-10-6-8-13-21(18)29-17(3)22(26)25-20-12-7-5-11-19(20)23(27)24-14-9-15-28-4/h5-8,10-13,16-17H,9,14-15H2,1-4H3,(H,24,27)(H,25,26)/t17-/m0/s1. The minimum atomic E-state index is -0.715. The van der Waals surface area contributed by atoms with Gasteiger partial charge in [0.15, 0.2) is 6.10 Å². The highest BCUT2D eigenvalue weighted by atomic mass is 16.5. The lowest BCUT2D eigenvalue weighted by Gasteiger charge is -2.19. The van der Waals surface area contributed by atoms with Crippen LogP contribution in [0.3, 0.4) is 0 Å². The Bertz CT molecular complexity index is 820. The Kier molecular flexibility index (Phi) is 8.68. The maximum atomic E-state index is 12.7. The summed E-state index contributed by atoms with van der Waals surface area (Å²) < 4.78 is 10.9. The van der Waals surface area contributed by atoms with Gasteiger partial charge in [-0.05, 0) is 43.0 Å². The molecule has 0 heterocycles.